The van der Waals surface area contributed by atoms with Crippen LogP contribution in [0.1, 0.15) is 15.4 Å². The van der Waals surface area contributed by atoms with E-state index in [1.165, 1.54) is 11.3 Å². The fraction of sp³-hybridized carbons (Fsp3) is 0.167. The van der Waals surface area contributed by atoms with Crippen LogP contribution in [0.15, 0.2) is 22.7 Å². The average molecular weight is 343 g/mol. The standard InChI is InChI=1S/C12H11BrN2O3S/c1-6-10(11(16)17)15-12(19-6)14-8-3-7(13)4-9(5-8)18-2/h3-5H,1-2H3,(H,14,15)(H,16,17). The predicted molar refractivity (Wildman–Crippen MR) is 77.8 cm³/mol. The lowest BCUT2D eigenvalue weighted by atomic mass is 10.3. The Bertz CT molecular complexity index is 627. The van der Waals surface area contributed by atoms with Crippen LogP contribution in [-0.2, 0) is 0 Å². The number of aromatic carboxylic acids is 1. The number of carboxylic acid groups (broad SMARTS) is 1. The molecule has 1 aromatic heterocycles. The van der Waals surface area contributed by atoms with Crippen molar-refractivity contribution in [2.45, 2.75) is 6.92 Å². The van der Waals surface area contributed by atoms with E-state index in [-0.39, 0.29) is 5.69 Å². The molecular weight excluding hydrogens is 332 g/mol. The molecule has 0 atom stereocenters. The Kier molecular flexibility index (Phi) is 4.06. The molecule has 5 nitrogen and oxygen atoms in total. The molecule has 0 bridgehead atoms. The molecule has 0 aliphatic heterocycles. The van der Waals surface area contributed by atoms with Gasteiger partial charge in [0, 0.05) is 21.1 Å². The number of carboxylic acids is 1. The lowest BCUT2D eigenvalue weighted by molar-refractivity contribution is 0.0690. The second-order valence-electron chi connectivity index (χ2n) is 3.73. The molecule has 0 fully saturated rings. The molecule has 100 valence electrons. The molecule has 7 heteroatoms. The maximum absolute atomic E-state index is 10.9. The van der Waals surface area contributed by atoms with Crippen molar-refractivity contribution in [1.29, 1.82) is 0 Å². The molecule has 0 spiro atoms. The molecule has 0 aliphatic carbocycles. The van der Waals surface area contributed by atoms with Crippen LogP contribution in [0.5, 0.6) is 5.75 Å². The van der Waals surface area contributed by atoms with Crippen molar-refractivity contribution in [3.63, 3.8) is 0 Å². The van der Waals surface area contributed by atoms with Crippen molar-refractivity contribution < 1.29 is 14.6 Å². The third-order valence-corrected chi connectivity index (χ3v) is 3.70. The predicted octanol–water partition coefficient (Wildman–Crippen LogP) is 3.66. The first kappa shape index (κ1) is 13.8. The minimum absolute atomic E-state index is 0.0782. The van der Waals surface area contributed by atoms with Gasteiger partial charge in [-0.15, -0.1) is 11.3 Å². The Morgan fingerprint density at radius 1 is 1.47 bits per heavy atom. The zero-order valence-corrected chi connectivity index (χ0v) is 12.6. The van der Waals surface area contributed by atoms with E-state index >= 15 is 0 Å². The van der Waals surface area contributed by atoms with E-state index in [4.69, 9.17) is 9.84 Å². The van der Waals surface area contributed by atoms with Gasteiger partial charge in [0.05, 0.1) is 7.11 Å². The second kappa shape index (κ2) is 5.58. The van der Waals surface area contributed by atoms with Crippen molar-refractivity contribution >= 4 is 44.1 Å². The van der Waals surface area contributed by atoms with Gasteiger partial charge in [-0.2, -0.15) is 0 Å². The first-order valence-electron chi connectivity index (χ1n) is 5.32. The summed E-state index contributed by atoms with van der Waals surface area (Å²) in [7, 11) is 1.58. The normalized spacial score (nSPS) is 10.3. The molecule has 0 amide bonds. The zero-order chi connectivity index (χ0) is 14.0. The Morgan fingerprint density at radius 3 is 2.79 bits per heavy atom. The molecule has 2 rings (SSSR count). The Balaban J connectivity index is 2.28. The number of hydrogen-bond donors (Lipinski definition) is 2. The summed E-state index contributed by atoms with van der Waals surface area (Å²) in [6.45, 7) is 1.73. The highest BCUT2D eigenvalue weighted by Crippen LogP contribution is 2.29. The summed E-state index contributed by atoms with van der Waals surface area (Å²) in [5.74, 6) is -0.322. The van der Waals surface area contributed by atoms with E-state index < -0.39 is 5.97 Å². The molecule has 0 unspecified atom stereocenters. The van der Waals surface area contributed by atoms with Gasteiger partial charge < -0.3 is 15.2 Å². The number of carbonyl (C=O) groups is 1. The topological polar surface area (TPSA) is 71.5 Å². The van der Waals surface area contributed by atoms with Gasteiger partial charge in [0.2, 0.25) is 0 Å². The average Bonchev–Trinajstić information content (AvgIpc) is 2.69. The Labute approximate surface area is 122 Å². The molecule has 0 saturated heterocycles. The number of aryl methyl sites for hydroxylation is 1. The molecule has 2 N–H and O–H groups in total. The number of ether oxygens (including phenoxy) is 1. The fourth-order valence-corrected chi connectivity index (χ4v) is 2.82. The van der Waals surface area contributed by atoms with Crippen molar-refractivity contribution in [3.8, 4) is 5.75 Å². The largest absolute Gasteiger partial charge is 0.497 e. The highest BCUT2D eigenvalue weighted by atomic mass is 79.9. The molecule has 1 heterocycles. The fourth-order valence-electron chi connectivity index (χ4n) is 1.52. The monoisotopic (exact) mass is 342 g/mol. The molecule has 0 saturated carbocycles. The van der Waals surface area contributed by atoms with Crippen LogP contribution in [0.3, 0.4) is 0 Å². The molecule has 19 heavy (non-hydrogen) atoms. The third kappa shape index (κ3) is 3.24. The van der Waals surface area contributed by atoms with Crippen LogP contribution in [0.25, 0.3) is 0 Å². The first-order chi connectivity index (χ1) is 8.99. The molecular formula is C12H11BrN2O3S. The maximum Gasteiger partial charge on any atom is 0.355 e. The van der Waals surface area contributed by atoms with Crippen molar-refractivity contribution in [2.24, 2.45) is 0 Å². The lowest BCUT2D eigenvalue weighted by Gasteiger charge is -2.06. The van der Waals surface area contributed by atoms with Gasteiger partial charge in [-0.05, 0) is 19.1 Å². The summed E-state index contributed by atoms with van der Waals surface area (Å²) in [5, 5.41) is 12.6. The van der Waals surface area contributed by atoms with Crippen LogP contribution < -0.4 is 10.1 Å². The van der Waals surface area contributed by atoms with Crippen LogP contribution in [0, 0.1) is 6.92 Å². The third-order valence-electron chi connectivity index (χ3n) is 2.36. The Morgan fingerprint density at radius 2 is 2.21 bits per heavy atom. The van der Waals surface area contributed by atoms with Crippen LogP contribution in [0.4, 0.5) is 10.8 Å². The number of halogens is 1. The van der Waals surface area contributed by atoms with Gasteiger partial charge >= 0.3 is 5.97 Å². The molecule has 1 aromatic carbocycles. The lowest BCUT2D eigenvalue weighted by Crippen LogP contribution is -1.99. The van der Waals surface area contributed by atoms with Gasteiger partial charge in [0.15, 0.2) is 10.8 Å². The van der Waals surface area contributed by atoms with Crippen LogP contribution >= 0.6 is 27.3 Å². The van der Waals surface area contributed by atoms with Gasteiger partial charge in [0.1, 0.15) is 5.75 Å². The van der Waals surface area contributed by atoms with E-state index in [9.17, 15) is 4.79 Å². The maximum atomic E-state index is 10.9. The SMILES string of the molecule is COc1cc(Br)cc(Nc2nc(C(=O)O)c(C)s2)c1. The highest BCUT2D eigenvalue weighted by Gasteiger charge is 2.14. The molecule has 2 aromatic rings. The molecule has 0 aliphatic rings. The number of hydrogen-bond acceptors (Lipinski definition) is 5. The van der Waals surface area contributed by atoms with Crippen LogP contribution in [0.2, 0.25) is 0 Å². The van der Waals surface area contributed by atoms with E-state index in [2.05, 4.69) is 26.2 Å². The number of methoxy groups -OCH3 is 1. The molecule has 0 radical (unpaired) electrons. The summed E-state index contributed by atoms with van der Waals surface area (Å²) in [6, 6.07) is 5.50. The number of benzene rings is 1. The van der Waals surface area contributed by atoms with Gasteiger partial charge in [-0.3, -0.25) is 0 Å². The highest BCUT2D eigenvalue weighted by molar-refractivity contribution is 9.10. The summed E-state index contributed by atoms with van der Waals surface area (Å²) in [6.07, 6.45) is 0. The van der Waals surface area contributed by atoms with Gasteiger partial charge in [0.25, 0.3) is 0 Å². The number of rotatable bonds is 4. The van der Waals surface area contributed by atoms with Crippen molar-refractivity contribution in [1.82, 2.24) is 4.98 Å². The number of nitrogens with zero attached hydrogens (tertiary/aromatic N) is 1. The van der Waals surface area contributed by atoms with E-state index in [0.29, 0.717) is 15.8 Å². The first-order valence-corrected chi connectivity index (χ1v) is 6.93. The second-order valence-corrected chi connectivity index (χ2v) is 5.85. The van der Waals surface area contributed by atoms with Gasteiger partial charge in [-0.25, -0.2) is 9.78 Å². The smallest absolute Gasteiger partial charge is 0.355 e. The number of aromatic nitrogens is 1. The van der Waals surface area contributed by atoms with Crippen molar-refractivity contribution in [3.05, 3.63) is 33.2 Å². The number of anilines is 2. The van der Waals surface area contributed by atoms with E-state index in [1.54, 1.807) is 14.0 Å². The van der Waals surface area contributed by atoms with Crippen LogP contribution in [-0.4, -0.2) is 23.2 Å². The summed E-state index contributed by atoms with van der Waals surface area (Å²) in [4.78, 5) is 15.6. The summed E-state index contributed by atoms with van der Waals surface area (Å²) in [5.41, 5.74) is 0.853. The minimum atomic E-state index is -1.02. The minimum Gasteiger partial charge on any atom is -0.497 e. The van der Waals surface area contributed by atoms with E-state index in [1.807, 2.05) is 18.2 Å². The Hall–Kier alpha value is -1.60. The van der Waals surface area contributed by atoms with Gasteiger partial charge in [-0.1, -0.05) is 15.9 Å². The quantitative estimate of drug-likeness (QED) is 0.886. The number of thiazole rings is 1. The summed E-state index contributed by atoms with van der Waals surface area (Å²) < 4.78 is 6.02. The van der Waals surface area contributed by atoms with Crippen molar-refractivity contribution in [2.75, 3.05) is 12.4 Å². The summed E-state index contributed by atoms with van der Waals surface area (Å²) >= 11 is 4.68. The number of nitrogens with one attached hydrogen (secondary N) is 1. The van der Waals surface area contributed by atoms with E-state index in [0.717, 1.165) is 10.2 Å². The zero-order valence-electron chi connectivity index (χ0n) is 10.2.